The van der Waals surface area contributed by atoms with E-state index >= 15 is 0 Å². The predicted octanol–water partition coefficient (Wildman–Crippen LogP) is 16.4. The van der Waals surface area contributed by atoms with E-state index in [0.29, 0.717) is 5.92 Å². The Morgan fingerprint density at radius 3 is 1.98 bits per heavy atom. The number of thiophene rings is 1. The van der Waals surface area contributed by atoms with Gasteiger partial charge in [-0.1, -0.05) is 153 Å². The number of hydrogen-bond donors (Lipinski definition) is 0. The molecule has 0 saturated heterocycles. The summed E-state index contributed by atoms with van der Waals surface area (Å²) in [6, 6.07) is 68.2. The van der Waals surface area contributed by atoms with Crippen molar-refractivity contribution in [3.05, 3.63) is 199 Å². The van der Waals surface area contributed by atoms with Crippen LogP contribution in [0.1, 0.15) is 61.8 Å². The molecule has 61 heavy (non-hydrogen) atoms. The summed E-state index contributed by atoms with van der Waals surface area (Å²) in [6.07, 6.45) is 3.15. The van der Waals surface area contributed by atoms with Gasteiger partial charge in [0.25, 0.3) is 0 Å². The predicted molar refractivity (Wildman–Crippen MR) is 263 cm³/mol. The van der Waals surface area contributed by atoms with E-state index in [-0.39, 0.29) is 17.9 Å². The zero-order valence-corrected chi connectivity index (χ0v) is 35.4. The Morgan fingerprint density at radius 2 is 1.18 bits per heavy atom. The highest BCUT2D eigenvalue weighted by atomic mass is 32.1. The minimum atomic E-state index is 0.0282. The summed E-state index contributed by atoms with van der Waals surface area (Å²) in [5.41, 5.74) is 9.00. The summed E-state index contributed by atoms with van der Waals surface area (Å²) in [6.45, 7) is 4.85. The molecule has 0 amide bonds. The number of aliphatic imine (C=N–C) groups is 1. The Bertz CT molecular complexity index is 3520. The van der Waals surface area contributed by atoms with Crippen molar-refractivity contribution in [3.8, 4) is 5.69 Å². The fourth-order valence-corrected chi connectivity index (χ4v) is 12.2. The number of para-hydroxylation sites is 1. The van der Waals surface area contributed by atoms with E-state index in [9.17, 15) is 0 Å². The Morgan fingerprint density at radius 1 is 0.525 bits per heavy atom. The Kier molecular flexibility index (Phi) is 8.68. The molecule has 2 aromatic heterocycles. The Hall–Kier alpha value is -6.55. The first kappa shape index (κ1) is 36.3. The lowest BCUT2D eigenvalue weighted by Gasteiger charge is -2.36. The molecular weight excluding hydrogens is 757 g/mol. The Balaban J connectivity index is 1.11. The van der Waals surface area contributed by atoms with Gasteiger partial charge < -0.3 is 4.57 Å². The van der Waals surface area contributed by atoms with Gasteiger partial charge in [0.15, 0.2) is 0 Å². The SMILES string of the molecule is CCC1/C(c2ccccc2)=N\C(c2cc3ccccc3c3ccccc23)[C@@H](C)CCC1c1cc(-n2c3ccccc3c3cc4ccccc4cc32)cc2sc3ccccc3c12. The third-order valence-electron chi connectivity index (χ3n) is 13.9. The van der Waals surface area contributed by atoms with E-state index in [1.165, 1.54) is 102 Å². The summed E-state index contributed by atoms with van der Waals surface area (Å²) >= 11 is 1.94. The molecule has 3 unspecified atom stereocenters. The van der Waals surface area contributed by atoms with Gasteiger partial charge in [-0.3, -0.25) is 4.99 Å². The molecule has 0 bridgehead atoms. The highest BCUT2D eigenvalue weighted by Crippen LogP contribution is 2.49. The van der Waals surface area contributed by atoms with Crippen LogP contribution in [-0.2, 0) is 0 Å². The van der Waals surface area contributed by atoms with Crippen molar-refractivity contribution in [2.75, 3.05) is 0 Å². The summed E-state index contributed by atoms with van der Waals surface area (Å²) in [4.78, 5) is 6.07. The molecular formula is C58H46N2S. The van der Waals surface area contributed by atoms with E-state index in [0.717, 1.165) is 19.3 Å². The van der Waals surface area contributed by atoms with Crippen molar-refractivity contribution in [3.63, 3.8) is 0 Å². The van der Waals surface area contributed by atoms with Crippen LogP contribution in [0, 0.1) is 11.8 Å². The number of fused-ring (bicyclic) bond motifs is 10. The van der Waals surface area contributed by atoms with Crippen molar-refractivity contribution in [1.29, 1.82) is 0 Å². The van der Waals surface area contributed by atoms with Crippen LogP contribution in [0.4, 0.5) is 0 Å². The zero-order valence-electron chi connectivity index (χ0n) is 34.6. The fraction of sp³-hybridized carbons (Fsp3) is 0.155. The summed E-state index contributed by atoms with van der Waals surface area (Å²) in [7, 11) is 0. The average Bonchev–Trinajstić information content (AvgIpc) is 3.85. The highest BCUT2D eigenvalue weighted by molar-refractivity contribution is 7.25. The Labute approximate surface area is 360 Å². The van der Waals surface area contributed by atoms with Gasteiger partial charge in [0.05, 0.1) is 17.1 Å². The second-order valence-corrected chi connectivity index (χ2v) is 18.4. The molecule has 3 heterocycles. The monoisotopic (exact) mass is 802 g/mol. The first-order valence-electron chi connectivity index (χ1n) is 22.0. The minimum absolute atomic E-state index is 0.0282. The topological polar surface area (TPSA) is 17.3 Å². The van der Waals surface area contributed by atoms with Gasteiger partial charge in [-0.15, -0.1) is 11.3 Å². The smallest absolute Gasteiger partial charge is 0.0784 e. The second kappa shape index (κ2) is 14.6. The van der Waals surface area contributed by atoms with E-state index in [2.05, 4.69) is 200 Å². The number of aromatic nitrogens is 1. The third-order valence-corrected chi connectivity index (χ3v) is 15.0. The third kappa shape index (κ3) is 5.86. The summed E-state index contributed by atoms with van der Waals surface area (Å²) in [5, 5.41) is 13.1. The van der Waals surface area contributed by atoms with Gasteiger partial charge in [-0.05, 0) is 123 Å². The van der Waals surface area contributed by atoms with E-state index in [1.807, 2.05) is 11.3 Å². The van der Waals surface area contributed by atoms with Crippen LogP contribution in [0.25, 0.3) is 80.0 Å². The molecule has 3 heteroatoms. The molecule has 0 spiro atoms. The molecule has 0 saturated carbocycles. The van der Waals surface area contributed by atoms with Crippen molar-refractivity contribution in [2.45, 2.75) is 45.1 Å². The molecule has 1 aliphatic rings. The van der Waals surface area contributed by atoms with Gasteiger partial charge in [-0.2, -0.15) is 0 Å². The molecule has 2 nitrogen and oxygen atoms in total. The van der Waals surface area contributed by atoms with Crippen LogP contribution in [0.2, 0.25) is 0 Å². The quantitative estimate of drug-likeness (QED) is 0.154. The van der Waals surface area contributed by atoms with Gasteiger partial charge in [0.1, 0.15) is 0 Å². The van der Waals surface area contributed by atoms with Crippen molar-refractivity contribution in [1.82, 2.24) is 4.57 Å². The highest BCUT2D eigenvalue weighted by Gasteiger charge is 2.35. The first-order chi connectivity index (χ1) is 30.1. The van der Waals surface area contributed by atoms with Crippen molar-refractivity contribution < 1.29 is 0 Å². The van der Waals surface area contributed by atoms with Crippen molar-refractivity contribution in [2.24, 2.45) is 16.8 Å². The van der Waals surface area contributed by atoms with E-state index < -0.39 is 0 Å². The van der Waals surface area contributed by atoms with Crippen LogP contribution in [0.5, 0.6) is 0 Å². The molecule has 0 N–H and O–H groups in total. The largest absolute Gasteiger partial charge is 0.309 e. The van der Waals surface area contributed by atoms with E-state index in [1.54, 1.807) is 0 Å². The first-order valence-corrected chi connectivity index (χ1v) is 22.9. The summed E-state index contributed by atoms with van der Waals surface area (Å²) in [5.74, 6) is 0.797. The molecule has 0 aliphatic carbocycles. The van der Waals surface area contributed by atoms with Crippen LogP contribution in [-0.4, -0.2) is 10.3 Å². The average molecular weight is 803 g/mol. The lowest BCUT2D eigenvalue weighted by Crippen LogP contribution is -2.28. The van der Waals surface area contributed by atoms with Crippen LogP contribution < -0.4 is 0 Å². The molecule has 0 fully saturated rings. The standard InChI is InChI=1S/C58H46N2S/c1-3-42-46(30-29-36(2)57(59-58(42)37-17-5-4-6-18-37)51-32-40-21-9-10-22-43(40)44-23-11-12-24-45(44)51)50-34-41(35-55-56(50)48-26-14-16-28-54(48)61-55)60-52-27-15-13-25-47(52)49-31-38-19-7-8-20-39(38)33-53(49)60/h4-28,31-36,42,46,57H,3,29-30H2,1-2H3/b59-58-/t36-,42?,46?,57?/m0/s1. The molecule has 0 radical (unpaired) electrons. The van der Waals surface area contributed by atoms with Gasteiger partial charge >= 0.3 is 0 Å². The number of rotatable bonds is 5. The maximum absolute atomic E-state index is 6.07. The van der Waals surface area contributed by atoms with Gasteiger partial charge in [0.2, 0.25) is 0 Å². The van der Waals surface area contributed by atoms with Crippen LogP contribution in [0.15, 0.2) is 187 Å². The number of nitrogens with zero attached hydrogens (tertiary/aromatic N) is 2. The van der Waals surface area contributed by atoms with Crippen LogP contribution >= 0.6 is 11.3 Å². The van der Waals surface area contributed by atoms with Gasteiger partial charge in [-0.25, -0.2) is 0 Å². The molecule has 11 aromatic rings. The number of benzene rings is 9. The second-order valence-electron chi connectivity index (χ2n) is 17.3. The molecule has 4 atom stereocenters. The maximum Gasteiger partial charge on any atom is 0.0784 e. The summed E-state index contributed by atoms with van der Waals surface area (Å²) < 4.78 is 5.24. The zero-order chi connectivity index (χ0) is 40.6. The molecule has 294 valence electrons. The van der Waals surface area contributed by atoms with E-state index in [4.69, 9.17) is 4.99 Å². The molecule has 1 aliphatic heterocycles. The van der Waals surface area contributed by atoms with Crippen LogP contribution in [0.3, 0.4) is 0 Å². The van der Waals surface area contributed by atoms with Gasteiger partial charge in [0, 0.05) is 48.3 Å². The fourth-order valence-electron chi connectivity index (χ4n) is 11.0. The molecule has 9 aromatic carbocycles. The number of hydrogen-bond acceptors (Lipinski definition) is 2. The normalized spacial score (nSPS) is 19.5. The lowest BCUT2D eigenvalue weighted by molar-refractivity contribution is 0.364. The lowest BCUT2D eigenvalue weighted by atomic mass is 9.72. The maximum atomic E-state index is 6.07. The molecule has 12 rings (SSSR count). The van der Waals surface area contributed by atoms with Crippen molar-refractivity contribution >= 4 is 91.3 Å². The minimum Gasteiger partial charge on any atom is -0.309 e.